The summed E-state index contributed by atoms with van der Waals surface area (Å²) in [5.74, 6) is 1.48. The SMILES string of the molecule is FC(F)C(F)(F)OC1CCC([C]2C=CCCC2)C1. The highest BCUT2D eigenvalue weighted by Crippen LogP contribution is 2.41. The summed E-state index contributed by atoms with van der Waals surface area (Å²) in [5.41, 5.74) is 0. The second-order valence-corrected chi connectivity index (χ2v) is 4.98. The van der Waals surface area contributed by atoms with Crippen LogP contribution in [-0.4, -0.2) is 18.6 Å². The van der Waals surface area contributed by atoms with Gasteiger partial charge in [0.05, 0.1) is 6.10 Å². The zero-order valence-electron chi connectivity index (χ0n) is 10.0. The van der Waals surface area contributed by atoms with Crippen LogP contribution >= 0.6 is 0 Å². The lowest BCUT2D eigenvalue weighted by molar-refractivity contribution is -0.317. The molecule has 0 aliphatic heterocycles. The van der Waals surface area contributed by atoms with E-state index in [2.05, 4.69) is 16.9 Å². The Morgan fingerprint density at radius 2 is 2.06 bits per heavy atom. The molecule has 18 heavy (non-hydrogen) atoms. The van der Waals surface area contributed by atoms with Crippen LogP contribution in [0.15, 0.2) is 12.2 Å². The number of allylic oxidation sites excluding steroid dienone is 2. The zero-order valence-corrected chi connectivity index (χ0v) is 10.0. The molecule has 0 N–H and O–H groups in total. The van der Waals surface area contributed by atoms with Crippen molar-refractivity contribution in [3.8, 4) is 0 Å². The minimum absolute atomic E-state index is 0.222. The quantitative estimate of drug-likeness (QED) is 0.687. The summed E-state index contributed by atoms with van der Waals surface area (Å²) in [5, 5.41) is 0. The van der Waals surface area contributed by atoms with Crippen molar-refractivity contribution < 1.29 is 22.3 Å². The molecule has 2 unspecified atom stereocenters. The van der Waals surface area contributed by atoms with Crippen molar-refractivity contribution in [2.75, 3.05) is 0 Å². The van der Waals surface area contributed by atoms with Gasteiger partial charge >= 0.3 is 12.5 Å². The number of alkyl halides is 4. The van der Waals surface area contributed by atoms with Crippen LogP contribution in [0.4, 0.5) is 17.6 Å². The molecule has 0 spiro atoms. The van der Waals surface area contributed by atoms with E-state index in [1.165, 1.54) is 5.92 Å². The van der Waals surface area contributed by atoms with Gasteiger partial charge in [-0.25, -0.2) is 8.78 Å². The van der Waals surface area contributed by atoms with Gasteiger partial charge in [0.2, 0.25) is 0 Å². The van der Waals surface area contributed by atoms with Crippen molar-refractivity contribution in [3.63, 3.8) is 0 Å². The van der Waals surface area contributed by atoms with Crippen LogP contribution in [0.3, 0.4) is 0 Å². The Balaban J connectivity index is 1.85. The summed E-state index contributed by atoms with van der Waals surface area (Å²) in [4.78, 5) is 0. The average Bonchev–Trinajstić information content (AvgIpc) is 2.78. The van der Waals surface area contributed by atoms with Gasteiger partial charge in [0.15, 0.2) is 0 Å². The standard InChI is InChI=1S/C13H17F4O/c14-12(15)13(16,17)18-11-7-6-10(8-11)9-4-2-1-3-5-9/h2,4,10-12H,1,3,5-8H2. The molecular formula is C13H17F4O. The molecule has 1 radical (unpaired) electrons. The van der Waals surface area contributed by atoms with Gasteiger partial charge in [0.25, 0.3) is 0 Å². The maximum atomic E-state index is 12.8. The first kappa shape index (κ1) is 13.8. The molecule has 1 saturated carbocycles. The number of halogens is 4. The lowest BCUT2D eigenvalue weighted by Gasteiger charge is -2.23. The van der Waals surface area contributed by atoms with E-state index < -0.39 is 18.6 Å². The fraction of sp³-hybridized carbons (Fsp3) is 0.769. The van der Waals surface area contributed by atoms with E-state index in [0.717, 1.165) is 25.7 Å². The fourth-order valence-electron chi connectivity index (χ4n) is 2.74. The zero-order chi connectivity index (χ0) is 13.2. The van der Waals surface area contributed by atoms with Gasteiger partial charge in [-0.2, -0.15) is 8.78 Å². The summed E-state index contributed by atoms with van der Waals surface area (Å²) < 4.78 is 53.9. The summed E-state index contributed by atoms with van der Waals surface area (Å²) in [7, 11) is 0. The lowest BCUT2D eigenvalue weighted by Crippen LogP contribution is -2.34. The largest absolute Gasteiger partial charge is 0.416 e. The van der Waals surface area contributed by atoms with Crippen LogP contribution in [-0.2, 0) is 4.74 Å². The van der Waals surface area contributed by atoms with Crippen molar-refractivity contribution in [1.82, 2.24) is 0 Å². The minimum Gasteiger partial charge on any atom is -0.313 e. The van der Waals surface area contributed by atoms with Crippen LogP contribution in [0.1, 0.15) is 38.5 Å². The van der Waals surface area contributed by atoms with Crippen molar-refractivity contribution in [3.05, 3.63) is 18.1 Å². The first-order chi connectivity index (χ1) is 8.49. The van der Waals surface area contributed by atoms with Gasteiger partial charge in [-0.15, -0.1) is 0 Å². The summed E-state index contributed by atoms with van der Waals surface area (Å²) in [6, 6.07) is 0. The second kappa shape index (κ2) is 5.59. The van der Waals surface area contributed by atoms with E-state index in [4.69, 9.17) is 0 Å². The Bertz CT molecular complexity index is 303. The van der Waals surface area contributed by atoms with Gasteiger partial charge in [0.1, 0.15) is 0 Å². The van der Waals surface area contributed by atoms with Crippen molar-refractivity contribution in [2.45, 2.75) is 57.2 Å². The molecule has 2 rings (SSSR count). The molecule has 0 bridgehead atoms. The highest BCUT2D eigenvalue weighted by molar-refractivity contribution is 5.17. The molecule has 0 saturated heterocycles. The third kappa shape index (κ3) is 3.25. The third-order valence-corrected chi connectivity index (χ3v) is 3.65. The maximum Gasteiger partial charge on any atom is 0.416 e. The van der Waals surface area contributed by atoms with Crippen LogP contribution in [0, 0.1) is 11.8 Å². The number of rotatable bonds is 4. The Kier molecular flexibility index (Phi) is 4.30. The van der Waals surface area contributed by atoms with Crippen molar-refractivity contribution >= 4 is 0 Å². The molecule has 2 aliphatic carbocycles. The van der Waals surface area contributed by atoms with Crippen LogP contribution in [0.2, 0.25) is 0 Å². The Morgan fingerprint density at radius 1 is 1.28 bits per heavy atom. The topological polar surface area (TPSA) is 9.23 Å². The normalized spacial score (nSPS) is 30.3. The Morgan fingerprint density at radius 3 is 2.67 bits per heavy atom. The van der Waals surface area contributed by atoms with Gasteiger partial charge in [-0.1, -0.05) is 12.2 Å². The monoisotopic (exact) mass is 265 g/mol. The van der Waals surface area contributed by atoms with Gasteiger partial charge < -0.3 is 4.74 Å². The van der Waals surface area contributed by atoms with Gasteiger partial charge in [0, 0.05) is 5.92 Å². The highest BCUT2D eigenvalue weighted by Gasteiger charge is 2.46. The predicted octanol–water partition coefficient (Wildman–Crippen LogP) is 4.34. The molecule has 2 aliphatic rings. The molecule has 103 valence electrons. The van der Waals surface area contributed by atoms with Crippen LogP contribution in [0.25, 0.3) is 0 Å². The molecule has 1 fully saturated rings. The molecule has 0 amide bonds. The minimum atomic E-state index is -4.31. The first-order valence-electron chi connectivity index (χ1n) is 6.35. The van der Waals surface area contributed by atoms with Crippen molar-refractivity contribution in [2.24, 2.45) is 5.92 Å². The molecule has 5 heteroatoms. The molecule has 0 aromatic heterocycles. The van der Waals surface area contributed by atoms with E-state index in [1.807, 2.05) is 0 Å². The third-order valence-electron chi connectivity index (χ3n) is 3.65. The maximum absolute atomic E-state index is 12.8. The van der Waals surface area contributed by atoms with Crippen LogP contribution in [0.5, 0.6) is 0 Å². The first-order valence-corrected chi connectivity index (χ1v) is 6.35. The number of hydrogen-bond acceptors (Lipinski definition) is 1. The molecule has 2 atom stereocenters. The Hall–Kier alpha value is -0.580. The predicted molar refractivity (Wildman–Crippen MR) is 59.4 cm³/mol. The van der Waals surface area contributed by atoms with E-state index in [9.17, 15) is 17.6 Å². The Labute approximate surface area is 104 Å². The summed E-state index contributed by atoms with van der Waals surface area (Å²) >= 11 is 0. The second-order valence-electron chi connectivity index (χ2n) is 4.98. The summed E-state index contributed by atoms with van der Waals surface area (Å²) in [6.07, 6.45) is 0.0749. The molecule has 0 aromatic rings. The van der Waals surface area contributed by atoms with Crippen LogP contribution < -0.4 is 0 Å². The highest BCUT2D eigenvalue weighted by atomic mass is 19.3. The van der Waals surface area contributed by atoms with E-state index in [-0.39, 0.29) is 5.92 Å². The smallest absolute Gasteiger partial charge is 0.313 e. The average molecular weight is 265 g/mol. The molecular weight excluding hydrogens is 248 g/mol. The fourth-order valence-corrected chi connectivity index (χ4v) is 2.74. The summed E-state index contributed by atoms with van der Waals surface area (Å²) in [6.45, 7) is 0. The number of ether oxygens (including phenoxy) is 1. The number of hydrogen-bond donors (Lipinski definition) is 0. The molecule has 0 aromatic carbocycles. The lowest BCUT2D eigenvalue weighted by atomic mass is 9.83. The van der Waals surface area contributed by atoms with Gasteiger partial charge in [-0.05, 0) is 44.4 Å². The van der Waals surface area contributed by atoms with E-state index in [1.54, 1.807) is 0 Å². The molecule has 1 nitrogen and oxygen atoms in total. The van der Waals surface area contributed by atoms with Gasteiger partial charge in [-0.3, -0.25) is 0 Å². The van der Waals surface area contributed by atoms with E-state index in [0.29, 0.717) is 12.8 Å². The van der Waals surface area contributed by atoms with E-state index >= 15 is 0 Å². The molecule has 0 heterocycles. The van der Waals surface area contributed by atoms with Crippen molar-refractivity contribution in [1.29, 1.82) is 0 Å².